The first-order chi connectivity index (χ1) is 8.55. The molecule has 18 heavy (non-hydrogen) atoms. The van der Waals surface area contributed by atoms with Gasteiger partial charge >= 0.3 is 7.60 Å². The lowest BCUT2D eigenvalue weighted by atomic mass is 10.3. The van der Waals surface area contributed by atoms with Gasteiger partial charge in [0.15, 0.2) is 4.32 Å². The fourth-order valence-electron chi connectivity index (χ4n) is 1.50. The molecule has 1 aliphatic rings. The highest BCUT2D eigenvalue weighted by Crippen LogP contribution is 2.69. The monoisotopic (exact) mass is 370 g/mol. The van der Waals surface area contributed by atoms with Gasteiger partial charge in [-0.25, -0.2) is 0 Å². The number of halogens is 1. The number of thioether (sulfide) groups is 2. The van der Waals surface area contributed by atoms with Crippen LogP contribution in [0.15, 0.2) is 26.4 Å². The van der Waals surface area contributed by atoms with E-state index >= 15 is 0 Å². The molecule has 8 heteroatoms. The first-order valence-corrected chi connectivity index (χ1v) is 9.13. The minimum Gasteiger partial charge on any atom is -0.496 e. The zero-order valence-electron chi connectivity index (χ0n) is 10.0. The van der Waals surface area contributed by atoms with Crippen molar-refractivity contribution in [3.8, 4) is 5.75 Å². The molecule has 0 aromatic heterocycles. The molecular formula is C10H12BrO4PS2. The fraction of sp³-hybridized carbons (Fsp3) is 0.400. The summed E-state index contributed by atoms with van der Waals surface area (Å²) in [4.78, 5) is 1.98. The summed E-state index contributed by atoms with van der Waals surface area (Å²) >= 11 is 6.41. The van der Waals surface area contributed by atoms with E-state index in [2.05, 4.69) is 15.9 Å². The molecule has 1 atom stereocenters. The van der Waals surface area contributed by atoms with Gasteiger partial charge in [0.1, 0.15) is 5.75 Å². The molecule has 0 spiro atoms. The van der Waals surface area contributed by atoms with E-state index in [0.717, 1.165) is 20.0 Å². The summed E-state index contributed by atoms with van der Waals surface area (Å²) < 4.78 is 28.5. The molecule has 0 aliphatic carbocycles. The summed E-state index contributed by atoms with van der Waals surface area (Å²) in [6.45, 7) is 0. The first-order valence-electron chi connectivity index (χ1n) is 4.96. The largest absolute Gasteiger partial charge is 0.496 e. The van der Waals surface area contributed by atoms with Gasteiger partial charge in [0.25, 0.3) is 0 Å². The number of methoxy groups -OCH3 is 1. The summed E-state index contributed by atoms with van der Waals surface area (Å²) in [5.74, 6) is 0.770. The normalized spacial score (nSPS) is 18.8. The second-order valence-corrected chi connectivity index (χ2v) is 9.76. The van der Waals surface area contributed by atoms with Crippen molar-refractivity contribution < 1.29 is 18.3 Å². The lowest BCUT2D eigenvalue weighted by Crippen LogP contribution is -1.99. The van der Waals surface area contributed by atoms with Crippen LogP contribution in [0.3, 0.4) is 0 Å². The van der Waals surface area contributed by atoms with Crippen molar-refractivity contribution in [3.05, 3.63) is 16.6 Å². The van der Waals surface area contributed by atoms with Crippen LogP contribution < -0.4 is 4.74 Å². The molecule has 0 saturated heterocycles. The number of rotatable bonds is 4. The molecule has 0 amide bonds. The Morgan fingerprint density at radius 1 is 1.17 bits per heavy atom. The maximum absolute atomic E-state index is 12.4. The van der Waals surface area contributed by atoms with Crippen LogP contribution in [0.5, 0.6) is 5.75 Å². The van der Waals surface area contributed by atoms with E-state index in [1.807, 2.05) is 12.1 Å². The highest BCUT2D eigenvalue weighted by Gasteiger charge is 2.42. The first kappa shape index (κ1) is 14.8. The molecule has 100 valence electrons. The Bertz CT molecular complexity index is 503. The third-order valence-electron chi connectivity index (χ3n) is 2.45. The molecule has 1 unspecified atom stereocenters. The van der Waals surface area contributed by atoms with Crippen molar-refractivity contribution in [2.24, 2.45) is 0 Å². The number of ether oxygens (including phenoxy) is 1. The standard InChI is InChI=1S/C10H12BrO4PS2/c1-13-7-5-4-6(11)8-9(7)18-10(17-8)16(12,14-2)15-3/h4-5,10H,1-3H3. The number of benzene rings is 1. The Morgan fingerprint density at radius 3 is 2.33 bits per heavy atom. The van der Waals surface area contributed by atoms with Crippen molar-refractivity contribution in [1.82, 2.24) is 0 Å². The molecule has 0 saturated carbocycles. The molecule has 0 radical (unpaired) electrons. The Morgan fingerprint density at radius 2 is 1.78 bits per heavy atom. The van der Waals surface area contributed by atoms with E-state index in [1.54, 1.807) is 7.11 Å². The number of hydrogen-bond acceptors (Lipinski definition) is 6. The molecule has 1 aromatic carbocycles. The average molecular weight is 371 g/mol. The summed E-state index contributed by atoms with van der Waals surface area (Å²) in [5.41, 5.74) is 0. The zero-order valence-corrected chi connectivity index (χ0v) is 14.1. The van der Waals surface area contributed by atoms with Gasteiger partial charge in [0.05, 0.1) is 12.0 Å². The van der Waals surface area contributed by atoms with Gasteiger partial charge in [-0.15, -0.1) is 0 Å². The van der Waals surface area contributed by atoms with Crippen LogP contribution in [-0.4, -0.2) is 25.7 Å². The maximum Gasteiger partial charge on any atom is 0.353 e. The van der Waals surface area contributed by atoms with Crippen LogP contribution >= 0.6 is 47.0 Å². The van der Waals surface area contributed by atoms with Gasteiger partial charge in [-0.1, -0.05) is 23.5 Å². The number of hydrogen-bond donors (Lipinski definition) is 0. The predicted molar refractivity (Wildman–Crippen MR) is 77.8 cm³/mol. The van der Waals surface area contributed by atoms with Crippen molar-refractivity contribution in [2.75, 3.05) is 21.3 Å². The third kappa shape index (κ3) is 2.49. The Labute approximate surface area is 123 Å². The van der Waals surface area contributed by atoms with Gasteiger partial charge < -0.3 is 13.8 Å². The quantitative estimate of drug-likeness (QED) is 0.730. The maximum atomic E-state index is 12.4. The highest BCUT2D eigenvalue weighted by molar-refractivity contribution is 9.10. The van der Waals surface area contributed by atoms with Crippen molar-refractivity contribution in [1.29, 1.82) is 0 Å². The topological polar surface area (TPSA) is 44.8 Å². The predicted octanol–water partition coefficient (Wildman–Crippen LogP) is 4.43. The van der Waals surface area contributed by atoms with E-state index in [4.69, 9.17) is 13.8 Å². The number of fused-ring (bicyclic) bond motifs is 1. The van der Waals surface area contributed by atoms with Crippen molar-refractivity contribution in [2.45, 2.75) is 14.1 Å². The average Bonchev–Trinajstić information content (AvgIpc) is 2.85. The van der Waals surface area contributed by atoms with Gasteiger partial charge in [-0.05, 0) is 28.1 Å². The second-order valence-electron chi connectivity index (χ2n) is 3.36. The van der Waals surface area contributed by atoms with Gasteiger partial charge in [0, 0.05) is 23.6 Å². The van der Waals surface area contributed by atoms with E-state index in [-0.39, 0.29) is 4.32 Å². The van der Waals surface area contributed by atoms with Crippen LogP contribution in [0.25, 0.3) is 0 Å². The molecular weight excluding hydrogens is 359 g/mol. The summed E-state index contributed by atoms with van der Waals surface area (Å²) in [6.07, 6.45) is 0. The Hall–Kier alpha value is 0.350. The van der Waals surface area contributed by atoms with E-state index in [0.29, 0.717) is 0 Å². The fourth-order valence-corrected chi connectivity index (χ4v) is 7.77. The third-order valence-corrected chi connectivity index (χ3v) is 9.50. The van der Waals surface area contributed by atoms with Crippen molar-refractivity contribution >= 4 is 47.0 Å². The Kier molecular flexibility index (Phi) is 4.73. The summed E-state index contributed by atoms with van der Waals surface area (Å²) in [7, 11) is 1.31. The molecule has 1 aliphatic heterocycles. The van der Waals surface area contributed by atoms with E-state index in [1.165, 1.54) is 37.7 Å². The van der Waals surface area contributed by atoms with Gasteiger partial charge in [-0.3, -0.25) is 4.57 Å². The van der Waals surface area contributed by atoms with Crippen LogP contribution in [0.2, 0.25) is 0 Å². The highest BCUT2D eigenvalue weighted by atomic mass is 79.9. The molecule has 0 fully saturated rings. The second kappa shape index (κ2) is 5.77. The molecule has 0 N–H and O–H groups in total. The zero-order chi connectivity index (χ0) is 13.3. The minimum atomic E-state index is -3.11. The molecule has 2 rings (SSSR count). The lowest BCUT2D eigenvalue weighted by Gasteiger charge is -2.18. The van der Waals surface area contributed by atoms with Gasteiger partial charge in [0.2, 0.25) is 0 Å². The van der Waals surface area contributed by atoms with Gasteiger partial charge in [-0.2, -0.15) is 0 Å². The molecule has 1 aromatic rings. The SMILES string of the molecule is COc1ccc(Br)c2c1SC(P(=O)(OC)OC)S2. The smallest absolute Gasteiger partial charge is 0.353 e. The van der Waals surface area contributed by atoms with Crippen LogP contribution in [-0.2, 0) is 13.6 Å². The Balaban J connectivity index is 2.38. The lowest BCUT2D eigenvalue weighted by molar-refractivity contribution is 0.279. The summed E-state index contributed by atoms with van der Waals surface area (Å²) in [6, 6.07) is 3.79. The summed E-state index contributed by atoms with van der Waals surface area (Å²) in [5, 5.41) is 0. The molecule has 0 bridgehead atoms. The molecule has 1 heterocycles. The van der Waals surface area contributed by atoms with Crippen molar-refractivity contribution in [3.63, 3.8) is 0 Å². The van der Waals surface area contributed by atoms with E-state index in [9.17, 15) is 4.57 Å². The van der Waals surface area contributed by atoms with Crippen LogP contribution in [0.4, 0.5) is 0 Å². The molecule has 4 nitrogen and oxygen atoms in total. The minimum absolute atomic E-state index is 0.310. The van der Waals surface area contributed by atoms with Crippen LogP contribution in [0, 0.1) is 0 Å². The van der Waals surface area contributed by atoms with Crippen LogP contribution in [0.1, 0.15) is 0 Å². The van der Waals surface area contributed by atoms with E-state index < -0.39 is 7.60 Å².